The summed E-state index contributed by atoms with van der Waals surface area (Å²) in [4.78, 5) is 4.80. The number of sulfonamides is 1. The summed E-state index contributed by atoms with van der Waals surface area (Å²) in [5.74, 6) is 1.10. The minimum absolute atomic E-state index is 0.0604. The first kappa shape index (κ1) is 22.7. The summed E-state index contributed by atoms with van der Waals surface area (Å²) in [7, 11) is -3.09. The molecule has 1 saturated heterocycles. The van der Waals surface area contributed by atoms with Gasteiger partial charge in [0.15, 0.2) is 5.96 Å². The second-order valence-electron chi connectivity index (χ2n) is 8.29. The summed E-state index contributed by atoms with van der Waals surface area (Å²) >= 11 is 0. The zero-order valence-corrected chi connectivity index (χ0v) is 18.8. The summed E-state index contributed by atoms with van der Waals surface area (Å²) < 4.78 is 24.9. The van der Waals surface area contributed by atoms with Crippen LogP contribution in [0.5, 0.6) is 0 Å². The highest BCUT2D eigenvalue weighted by atomic mass is 32.2. The lowest BCUT2D eigenvalue weighted by molar-refractivity contribution is 0.458. The van der Waals surface area contributed by atoms with Crippen LogP contribution in [0.25, 0.3) is 0 Å². The lowest BCUT2D eigenvalue weighted by Crippen LogP contribution is -2.41. The minimum Gasteiger partial charge on any atom is -0.357 e. The number of hydrogen-bond acceptors (Lipinski definition) is 3. The number of hydrogen-bond donors (Lipinski definition) is 2. The zero-order chi connectivity index (χ0) is 20.8. The van der Waals surface area contributed by atoms with Gasteiger partial charge < -0.3 is 10.6 Å². The topological polar surface area (TPSA) is 73.8 Å². The van der Waals surface area contributed by atoms with Crippen molar-refractivity contribution >= 4 is 16.0 Å². The highest BCUT2D eigenvalue weighted by Gasteiger charge is 2.28. The van der Waals surface area contributed by atoms with Gasteiger partial charge in [-0.3, -0.25) is 4.99 Å². The van der Waals surface area contributed by atoms with Crippen molar-refractivity contribution in [3.8, 4) is 0 Å². The van der Waals surface area contributed by atoms with Crippen molar-refractivity contribution in [2.45, 2.75) is 46.0 Å². The van der Waals surface area contributed by atoms with Crippen molar-refractivity contribution in [1.29, 1.82) is 0 Å². The number of aliphatic imine (C=N–C) groups is 1. The van der Waals surface area contributed by atoms with E-state index in [0.29, 0.717) is 25.6 Å². The van der Waals surface area contributed by atoms with Crippen LogP contribution in [-0.2, 0) is 21.9 Å². The third-order valence-electron chi connectivity index (χ3n) is 5.40. The van der Waals surface area contributed by atoms with E-state index >= 15 is 0 Å². The Labute approximate surface area is 170 Å². The lowest BCUT2D eigenvalue weighted by atomic mass is 9.84. The molecule has 1 aliphatic rings. The van der Waals surface area contributed by atoms with Gasteiger partial charge in [-0.15, -0.1) is 0 Å². The van der Waals surface area contributed by atoms with Gasteiger partial charge in [0, 0.05) is 31.6 Å². The maximum absolute atomic E-state index is 11.7. The van der Waals surface area contributed by atoms with Crippen LogP contribution in [-0.4, -0.2) is 57.7 Å². The molecule has 1 aliphatic heterocycles. The van der Waals surface area contributed by atoms with Gasteiger partial charge in [0.1, 0.15) is 0 Å². The highest BCUT2D eigenvalue weighted by molar-refractivity contribution is 7.88. The van der Waals surface area contributed by atoms with E-state index < -0.39 is 10.0 Å². The largest absolute Gasteiger partial charge is 0.357 e. The first-order chi connectivity index (χ1) is 13.2. The zero-order valence-electron chi connectivity index (χ0n) is 18.0. The molecule has 1 atom stereocenters. The van der Waals surface area contributed by atoms with Gasteiger partial charge in [0.25, 0.3) is 0 Å². The second-order valence-corrected chi connectivity index (χ2v) is 10.3. The Kier molecular flexibility index (Phi) is 7.89. The number of nitrogens with zero attached hydrogens (tertiary/aromatic N) is 2. The number of guanidine groups is 1. The van der Waals surface area contributed by atoms with Gasteiger partial charge in [0.2, 0.25) is 10.0 Å². The van der Waals surface area contributed by atoms with Gasteiger partial charge in [-0.2, -0.15) is 0 Å². The quantitative estimate of drug-likeness (QED) is 0.512. The van der Waals surface area contributed by atoms with Gasteiger partial charge >= 0.3 is 0 Å². The Hall–Kier alpha value is -1.60. The average molecular weight is 409 g/mol. The molecule has 6 nitrogen and oxygen atoms in total. The minimum atomic E-state index is -3.09. The molecule has 1 aromatic rings. The fourth-order valence-corrected chi connectivity index (χ4v) is 4.33. The summed E-state index contributed by atoms with van der Waals surface area (Å²) in [5, 5.41) is 6.69. The van der Waals surface area contributed by atoms with Crippen molar-refractivity contribution < 1.29 is 8.42 Å². The molecular formula is C21H36N4O2S. The molecule has 1 heterocycles. The van der Waals surface area contributed by atoms with E-state index in [9.17, 15) is 8.42 Å². The van der Waals surface area contributed by atoms with Crippen molar-refractivity contribution in [1.82, 2.24) is 14.9 Å². The van der Waals surface area contributed by atoms with Gasteiger partial charge in [-0.25, -0.2) is 12.7 Å². The molecule has 0 radical (unpaired) electrons. The monoisotopic (exact) mass is 408 g/mol. The molecule has 0 saturated carbocycles. The Morgan fingerprint density at radius 1 is 1.21 bits per heavy atom. The molecule has 1 unspecified atom stereocenters. The fraction of sp³-hybridized carbons (Fsp3) is 0.667. The van der Waals surface area contributed by atoms with Crippen molar-refractivity contribution in [3.63, 3.8) is 0 Å². The maximum atomic E-state index is 11.7. The van der Waals surface area contributed by atoms with Crippen LogP contribution in [0.4, 0.5) is 0 Å². The number of nitrogens with one attached hydrogen (secondary N) is 2. The first-order valence-corrected chi connectivity index (χ1v) is 12.1. The molecule has 0 bridgehead atoms. The lowest BCUT2D eigenvalue weighted by Gasteiger charge is -2.24. The molecule has 0 aromatic heterocycles. The summed E-state index contributed by atoms with van der Waals surface area (Å²) in [6.07, 6.45) is 3.21. The van der Waals surface area contributed by atoms with Crippen molar-refractivity contribution in [3.05, 3.63) is 35.4 Å². The summed E-state index contributed by atoms with van der Waals surface area (Å²) in [6.45, 7) is 12.0. The van der Waals surface area contributed by atoms with Crippen molar-refractivity contribution in [2.75, 3.05) is 39.0 Å². The molecule has 1 fully saturated rings. The SMILES string of the molecule is CCNC(=NCC(C)(C)c1ccc(CC)cc1)NCC1CCN(S(C)(=O)=O)C1. The van der Waals surface area contributed by atoms with Crippen LogP contribution in [0.1, 0.15) is 45.2 Å². The number of benzene rings is 1. The Morgan fingerprint density at radius 2 is 1.89 bits per heavy atom. The van der Waals surface area contributed by atoms with Gasteiger partial charge in [-0.05, 0) is 36.8 Å². The van der Waals surface area contributed by atoms with Crippen LogP contribution >= 0.6 is 0 Å². The van der Waals surface area contributed by atoms with Gasteiger partial charge in [-0.1, -0.05) is 45.0 Å². The first-order valence-electron chi connectivity index (χ1n) is 10.2. The molecule has 158 valence electrons. The third kappa shape index (κ3) is 6.48. The smallest absolute Gasteiger partial charge is 0.211 e. The number of aryl methyl sites for hydroxylation is 1. The van der Waals surface area contributed by atoms with Crippen LogP contribution in [0.15, 0.2) is 29.3 Å². The Bertz CT molecular complexity index is 757. The Balaban J connectivity index is 1.95. The molecule has 28 heavy (non-hydrogen) atoms. The van der Waals surface area contributed by atoms with Crippen LogP contribution < -0.4 is 10.6 Å². The molecule has 2 rings (SSSR count). The van der Waals surface area contributed by atoms with E-state index in [2.05, 4.69) is 55.7 Å². The predicted molar refractivity (Wildman–Crippen MR) is 117 cm³/mol. The number of rotatable bonds is 8. The molecule has 1 aromatic carbocycles. The van der Waals surface area contributed by atoms with E-state index in [1.54, 1.807) is 4.31 Å². The van der Waals surface area contributed by atoms with Crippen LogP contribution in [0.3, 0.4) is 0 Å². The van der Waals surface area contributed by atoms with Crippen molar-refractivity contribution in [2.24, 2.45) is 10.9 Å². The average Bonchev–Trinajstić information content (AvgIpc) is 3.13. The van der Waals surface area contributed by atoms with Crippen LogP contribution in [0, 0.1) is 5.92 Å². The van der Waals surface area contributed by atoms with Gasteiger partial charge in [0.05, 0.1) is 12.8 Å². The van der Waals surface area contributed by atoms with E-state index in [1.807, 2.05) is 6.92 Å². The summed E-state index contributed by atoms with van der Waals surface area (Å²) in [5.41, 5.74) is 2.57. The molecule has 0 spiro atoms. The maximum Gasteiger partial charge on any atom is 0.211 e. The second kappa shape index (κ2) is 9.74. The molecule has 0 amide bonds. The highest BCUT2D eigenvalue weighted by Crippen LogP contribution is 2.24. The molecule has 0 aliphatic carbocycles. The fourth-order valence-electron chi connectivity index (χ4n) is 3.41. The predicted octanol–water partition coefficient (Wildman–Crippen LogP) is 2.36. The van der Waals surface area contributed by atoms with Crippen LogP contribution in [0.2, 0.25) is 0 Å². The Morgan fingerprint density at radius 3 is 2.43 bits per heavy atom. The van der Waals surface area contributed by atoms with E-state index in [-0.39, 0.29) is 5.41 Å². The standard InChI is InChI=1S/C21H36N4O2S/c1-6-17-8-10-19(11-9-17)21(3,4)16-24-20(22-7-2)23-14-18-12-13-25(15-18)28(5,26)27/h8-11,18H,6-7,12-16H2,1-5H3,(H2,22,23,24). The van der Waals surface area contributed by atoms with E-state index in [4.69, 9.17) is 4.99 Å². The molecule has 7 heteroatoms. The normalized spacial score (nSPS) is 19.0. The molecular weight excluding hydrogens is 372 g/mol. The van der Waals surface area contributed by atoms with E-state index in [1.165, 1.54) is 17.4 Å². The van der Waals surface area contributed by atoms with E-state index in [0.717, 1.165) is 31.9 Å². The third-order valence-corrected chi connectivity index (χ3v) is 6.67. The summed E-state index contributed by atoms with van der Waals surface area (Å²) in [6, 6.07) is 8.79. The molecule has 2 N–H and O–H groups in total.